The van der Waals surface area contributed by atoms with E-state index >= 15 is 0 Å². The Hall–Kier alpha value is -2.14. The Morgan fingerprint density at radius 2 is 2.00 bits per heavy atom. The molecule has 0 heterocycles. The topological polar surface area (TPSA) is 47.6 Å². The van der Waals surface area contributed by atoms with Crippen LogP contribution in [0.25, 0.3) is 10.8 Å². The summed E-state index contributed by atoms with van der Waals surface area (Å²) >= 11 is 0. The Kier molecular flexibility index (Phi) is 5.93. The number of halogens is 1. The molecular formula is C18H22FNO3. The van der Waals surface area contributed by atoms with Crippen LogP contribution in [0.15, 0.2) is 30.3 Å². The van der Waals surface area contributed by atoms with Crippen LogP contribution in [-0.4, -0.2) is 32.3 Å². The first kappa shape index (κ1) is 17.2. The van der Waals surface area contributed by atoms with Gasteiger partial charge in [0.25, 0.3) is 5.91 Å². The molecule has 0 unspecified atom stereocenters. The minimum atomic E-state index is -0.335. The molecule has 2 rings (SSSR count). The fraction of sp³-hybridized carbons (Fsp3) is 0.389. The lowest BCUT2D eigenvalue weighted by atomic mass is 10.0. The Morgan fingerprint density at radius 1 is 1.22 bits per heavy atom. The lowest BCUT2D eigenvalue weighted by Crippen LogP contribution is -2.30. The second-order valence-electron chi connectivity index (χ2n) is 5.66. The van der Waals surface area contributed by atoms with E-state index in [0.717, 1.165) is 11.8 Å². The molecule has 0 aromatic heterocycles. The maximum atomic E-state index is 13.5. The molecule has 4 nitrogen and oxygen atoms in total. The van der Waals surface area contributed by atoms with Crippen LogP contribution in [0.4, 0.5) is 4.39 Å². The van der Waals surface area contributed by atoms with E-state index in [9.17, 15) is 9.18 Å². The van der Waals surface area contributed by atoms with Gasteiger partial charge in [-0.2, -0.15) is 0 Å². The van der Waals surface area contributed by atoms with Crippen LogP contribution in [0.2, 0.25) is 0 Å². The number of hydrogen-bond acceptors (Lipinski definition) is 3. The molecule has 1 amide bonds. The Morgan fingerprint density at radius 3 is 2.70 bits per heavy atom. The number of amides is 1. The number of carbonyl (C=O) groups is 1. The highest BCUT2D eigenvalue weighted by molar-refractivity contribution is 6.01. The fourth-order valence-corrected chi connectivity index (χ4v) is 2.28. The molecule has 5 heteroatoms. The van der Waals surface area contributed by atoms with Crippen LogP contribution in [0, 0.1) is 5.82 Å². The smallest absolute Gasteiger partial charge is 0.251 e. The fourth-order valence-electron chi connectivity index (χ4n) is 2.28. The van der Waals surface area contributed by atoms with Crippen molar-refractivity contribution in [2.24, 2.45) is 0 Å². The standard InChI is InChI=1S/C18H22FNO3/c1-12(2)20-18(21)14-9-13-5-6-15(19)11-16(13)17(10-14)23-8-4-7-22-3/h5-6,9-12H,4,7-8H2,1-3H3,(H,20,21). The molecule has 2 aromatic carbocycles. The zero-order chi connectivity index (χ0) is 16.8. The summed E-state index contributed by atoms with van der Waals surface area (Å²) in [5, 5.41) is 4.27. The van der Waals surface area contributed by atoms with Crippen LogP contribution in [0.1, 0.15) is 30.6 Å². The van der Waals surface area contributed by atoms with E-state index in [0.29, 0.717) is 29.9 Å². The normalized spacial score (nSPS) is 11.0. The van der Waals surface area contributed by atoms with E-state index in [1.807, 2.05) is 13.8 Å². The molecule has 0 spiro atoms. The van der Waals surface area contributed by atoms with Crippen molar-refractivity contribution in [3.05, 3.63) is 41.7 Å². The Balaban J connectivity index is 2.35. The van der Waals surface area contributed by atoms with Gasteiger partial charge in [0.2, 0.25) is 0 Å². The highest BCUT2D eigenvalue weighted by atomic mass is 19.1. The van der Waals surface area contributed by atoms with E-state index in [4.69, 9.17) is 9.47 Å². The van der Waals surface area contributed by atoms with Crippen molar-refractivity contribution in [1.29, 1.82) is 0 Å². The Bertz CT molecular complexity index is 685. The minimum Gasteiger partial charge on any atom is -0.493 e. The van der Waals surface area contributed by atoms with E-state index in [1.165, 1.54) is 12.1 Å². The van der Waals surface area contributed by atoms with Crippen molar-refractivity contribution < 1.29 is 18.7 Å². The van der Waals surface area contributed by atoms with Gasteiger partial charge in [-0.1, -0.05) is 6.07 Å². The van der Waals surface area contributed by atoms with Gasteiger partial charge < -0.3 is 14.8 Å². The van der Waals surface area contributed by atoms with Gasteiger partial charge in [-0.05, 0) is 43.5 Å². The summed E-state index contributed by atoms with van der Waals surface area (Å²) in [5.41, 5.74) is 0.500. The molecule has 2 aromatic rings. The van der Waals surface area contributed by atoms with Gasteiger partial charge in [0.05, 0.1) is 6.61 Å². The zero-order valence-electron chi connectivity index (χ0n) is 13.7. The number of fused-ring (bicyclic) bond motifs is 1. The zero-order valence-corrected chi connectivity index (χ0v) is 13.7. The summed E-state index contributed by atoms with van der Waals surface area (Å²) in [6.07, 6.45) is 0.718. The average Bonchev–Trinajstić information content (AvgIpc) is 2.50. The lowest BCUT2D eigenvalue weighted by molar-refractivity contribution is 0.0942. The monoisotopic (exact) mass is 319 g/mol. The third-order valence-electron chi connectivity index (χ3n) is 3.31. The molecule has 0 fully saturated rings. The number of hydrogen-bond donors (Lipinski definition) is 1. The molecule has 0 saturated heterocycles. The Labute approximate surface area is 135 Å². The van der Waals surface area contributed by atoms with Crippen molar-refractivity contribution in [3.63, 3.8) is 0 Å². The summed E-state index contributed by atoms with van der Waals surface area (Å²) in [7, 11) is 1.63. The number of benzene rings is 2. The number of carbonyl (C=O) groups excluding carboxylic acids is 1. The summed E-state index contributed by atoms with van der Waals surface area (Å²) in [6, 6.07) is 7.89. The van der Waals surface area contributed by atoms with Gasteiger partial charge in [0.1, 0.15) is 11.6 Å². The molecule has 0 radical (unpaired) electrons. The molecule has 0 saturated carbocycles. The second kappa shape index (κ2) is 7.92. The molecule has 0 aliphatic carbocycles. The highest BCUT2D eigenvalue weighted by Crippen LogP contribution is 2.29. The summed E-state index contributed by atoms with van der Waals surface area (Å²) < 4.78 is 24.3. The van der Waals surface area contributed by atoms with E-state index in [-0.39, 0.29) is 17.8 Å². The largest absolute Gasteiger partial charge is 0.493 e. The molecule has 0 bridgehead atoms. The van der Waals surface area contributed by atoms with Crippen LogP contribution in [-0.2, 0) is 4.74 Å². The van der Waals surface area contributed by atoms with Gasteiger partial charge in [-0.3, -0.25) is 4.79 Å². The molecule has 0 atom stereocenters. The van der Waals surface area contributed by atoms with Gasteiger partial charge in [0, 0.05) is 37.1 Å². The first-order chi connectivity index (χ1) is 11.0. The SMILES string of the molecule is COCCCOc1cc(C(=O)NC(C)C)cc2ccc(F)cc12. The van der Waals surface area contributed by atoms with Gasteiger partial charge >= 0.3 is 0 Å². The minimum absolute atomic E-state index is 0.0393. The quantitative estimate of drug-likeness (QED) is 0.794. The van der Waals surface area contributed by atoms with Gasteiger partial charge in [0.15, 0.2) is 0 Å². The maximum absolute atomic E-state index is 13.5. The molecule has 1 N–H and O–H groups in total. The van der Waals surface area contributed by atoms with Crippen molar-refractivity contribution in [3.8, 4) is 5.75 Å². The van der Waals surface area contributed by atoms with Crippen molar-refractivity contribution in [1.82, 2.24) is 5.32 Å². The molecule has 0 aliphatic rings. The predicted octanol–water partition coefficient (Wildman–Crippen LogP) is 3.53. The van der Waals surface area contributed by atoms with Crippen LogP contribution < -0.4 is 10.1 Å². The van der Waals surface area contributed by atoms with Crippen molar-refractivity contribution in [2.45, 2.75) is 26.3 Å². The summed E-state index contributed by atoms with van der Waals surface area (Å²) in [5.74, 6) is -0.00130. The lowest BCUT2D eigenvalue weighted by Gasteiger charge is -2.13. The molecule has 124 valence electrons. The third kappa shape index (κ3) is 4.66. The van der Waals surface area contributed by atoms with Crippen molar-refractivity contribution in [2.75, 3.05) is 20.3 Å². The van der Waals surface area contributed by atoms with E-state index < -0.39 is 0 Å². The third-order valence-corrected chi connectivity index (χ3v) is 3.31. The average molecular weight is 319 g/mol. The number of nitrogens with one attached hydrogen (secondary N) is 1. The van der Waals surface area contributed by atoms with E-state index in [2.05, 4.69) is 5.32 Å². The predicted molar refractivity (Wildman–Crippen MR) is 88.5 cm³/mol. The molecular weight excluding hydrogens is 297 g/mol. The highest BCUT2D eigenvalue weighted by Gasteiger charge is 2.13. The van der Waals surface area contributed by atoms with Crippen molar-refractivity contribution >= 4 is 16.7 Å². The van der Waals surface area contributed by atoms with Gasteiger partial charge in [-0.25, -0.2) is 4.39 Å². The first-order valence-electron chi connectivity index (χ1n) is 7.67. The summed E-state index contributed by atoms with van der Waals surface area (Å²) in [4.78, 5) is 12.2. The van der Waals surface area contributed by atoms with Gasteiger partial charge in [-0.15, -0.1) is 0 Å². The number of rotatable bonds is 7. The van der Waals surface area contributed by atoms with Crippen LogP contribution in [0.5, 0.6) is 5.75 Å². The number of ether oxygens (including phenoxy) is 2. The number of methoxy groups -OCH3 is 1. The second-order valence-corrected chi connectivity index (χ2v) is 5.66. The first-order valence-corrected chi connectivity index (χ1v) is 7.67. The van der Waals surface area contributed by atoms with Crippen LogP contribution in [0.3, 0.4) is 0 Å². The van der Waals surface area contributed by atoms with E-state index in [1.54, 1.807) is 25.3 Å². The summed E-state index contributed by atoms with van der Waals surface area (Å²) in [6.45, 7) is 4.82. The maximum Gasteiger partial charge on any atom is 0.251 e. The van der Waals surface area contributed by atoms with Crippen LogP contribution >= 0.6 is 0 Å². The molecule has 23 heavy (non-hydrogen) atoms. The molecule has 0 aliphatic heterocycles.